The Bertz CT molecular complexity index is 971. The molecule has 0 aliphatic heterocycles. The lowest BCUT2D eigenvalue weighted by atomic mass is 10.1. The number of hydrogen-bond acceptors (Lipinski definition) is 8. The van der Waals surface area contributed by atoms with Crippen LogP contribution in [0.5, 0.6) is 28.7 Å². The molecule has 0 aliphatic carbocycles. The van der Waals surface area contributed by atoms with E-state index in [1.54, 1.807) is 0 Å². The molecule has 2 rings (SSSR count). The van der Waals surface area contributed by atoms with E-state index < -0.39 is 23.2 Å². The lowest BCUT2D eigenvalue weighted by Gasteiger charge is -2.14. The van der Waals surface area contributed by atoms with E-state index in [0.717, 1.165) is 18.2 Å². The lowest BCUT2D eigenvalue weighted by molar-refractivity contribution is -0.105. The summed E-state index contributed by atoms with van der Waals surface area (Å²) in [5, 5.41) is 41.5. The average molecular weight is 410 g/mol. The Morgan fingerprint density at radius 1 is 1.11 bits per heavy atom. The fourth-order valence-corrected chi connectivity index (χ4v) is 2.50. The maximum absolute atomic E-state index is 12.2. The van der Waals surface area contributed by atoms with E-state index >= 15 is 0 Å². The number of phenols is 4. The van der Waals surface area contributed by atoms with Crippen LogP contribution < -0.4 is 10.1 Å². The molecule has 0 aromatic heterocycles. The number of phenolic OH excluding ortho intramolecular Hbond substituents is 4. The Kier molecular flexibility index (Phi) is 6.22. The minimum Gasteiger partial charge on any atom is -0.507 e. The molecule has 0 saturated carbocycles. The largest absolute Gasteiger partial charge is 0.507 e. The van der Waals surface area contributed by atoms with Crippen LogP contribution in [-0.4, -0.2) is 39.9 Å². The second kappa shape index (κ2) is 8.40. The van der Waals surface area contributed by atoms with Crippen molar-refractivity contribution in [2.24, 2.45) is 0 Å². The van der Waals surface area contributed by atoms with Crippen molar-refractivity contribution in [3.8, 4) is 28.7 Å². The number of esters is 1. The zero-order valence-corrected chi connectivity index (χ0v) is 15.4. The van der Waals surface area contributed by atoms with Crippen LogP contribution in [0.15, 0.2) is 24.0 Å². The van der Waals surface area contributed by atoms with Gasteiger partial charge in [0.1, 0.15) is 28.6 Å². The number of benzene rings is 2. The third-order valence-electron chi connectivity index (χ3n) is 3.57. The number of methoxy groups -OCH3 is 1. The van der Waals surface area contributed by atoms with Gasteiger partial charge in [0.25, 0.3) is 0 Å². The summed E-state index contributed by atoms with van der Waals surface area (Å²) in [6, 6.07) is 3.00. The number of ether oxygens (including phenoxy) is 2. The first-order valence-electron chi connectivity index (χ1n) is 7.64. The predicted octanol–water partition coefficient (Wildman–Crippen LogP) is 2.96. The van der Waals surface area contributed by atoms with Crippen molar-refractivity contribution >= 4 is 35.7 Å². The SMILES string of the molecule is COc1c(O)cc(NC=O)c(O)c1C=C(C)OC(=O)c1cc(Cl)c(O)cc1O. The monoisotopic (exact) mass is 409 g/mol. The summed E-state index contributed by atoms with van der Waals surface area (Å²) in [5.74, 6) is -2.93. The Morgan fingerprint density at radius 3 is 2.39 bits per heavy atom. The summed E-state index contributed by atoms with van der Waals surface area (Å²) in [6.45, 7) is 1.37. The quantitative estimate of drug-likeness (QED) is 0.161. The highest BCUT2D eigenvalue weighted by Crippen LogP contribution is 2.43. The number of aromatic hydroxyl groups is 4. The number of allylic oxidation sites excluding steroid dienone is 1. The summed E-state index contributed by atoms with van der Waals surface area (Å²) in [5.41, 5.74) is -0.460. The van der Waals surface area contributed by atoms with Crippen molar-refractivity contribution in [3.05, 3.63) is 40.1 Å². The van der Waals surface area contributed by atoms with Crippen molar-refractivity contribution in [1.29, 1.82) is 0 Å². The third kappa shape index (κ3) is 4.21. The van der Waals surface area contributed by atoms with Crippen LogP contribution in [-0.2, 0) is 9.53 Å². The van der Waals surface area contributed by atoms with Crippen LogP contribution in [0.25, 0.3) is 6.08 Å². The Balaban J connectivity index is 2.41. The Morgan fingerprint density at radius 2 is 1.79 bits per heavy atom. The van der Waals surface area contributed by atoms with Crippen molar-refractivity contribution < 1.29 is 39.5 Å². The number of hydrogen-bond donors (Lipinski definition) is 5. The first-order chi connectivity index (χ1) is 13.2. The molecule has 0 aliphatic rings. The second-order valence-electron chi connectivity index (χ2n) is 5.47. The van der Waals surface area contributed by atoms with Crippen LogP contribution >= 0.6 is 11.6 Å². The molecule has 0 unspecified atom stereocenters. The molecule has 5 N–H and O–H groups in total. The zero-order chi connectivity index (χ0) is 21.0. The van der Waals surface area contributed by atoms with E-state index in [0.29, 0.717) is 6.41 Å². The molecule has 2 aromatic carbocycles. The summed E-state index contributed by atoms with van der Waals surface area (Å²) in [7, 11) is 1.25. The van der Waals surface area contributed by atoms with Gasteiger partial charge in [-0.1, -0.05) is 11.6 Å². The zero-order valence-electron chi connectivity index (χ0n) is 14.7. The molecule has 0 saturated heterocycles. The number of rotatable bonds is 6. The normalized spacial score (nSPS) is 11.0. The molecule has 2 aromatic rings. The summed E-state index contributed by atoms with van der Waals surface area (Å²) in [6.07, 6.45) is 1.49. The minimum absolute atomic E-state index is 0.0511. The van der Waals surface area contributed by atoms with Gasteiger partial charge < -0.3 is 35.2 Å². The summed E-state index contributed by atoms with van der Waals surface area (Å²) in [4.78, 5) is 22.9. The van der Waals surface area contributed by atoms with E-state index in [9.17, 15) is 30.0 Å². The fourth-order valence-electron chi connectivity index (χ4n) is 2.33. The molecule has 0 atom stereocenters. The molecule has 0 radical (unpaired) electrons. The molecular weight excluding hydrogens is 394 g/mol. The number of amides is 1. The topological polar surface area (TPSA) is 146 Å². The van der Waals surface area contributed by atoms with Gasteiger partial charge in [0.2, 0.25) is 6.41 Å². The number of carbonyl (C=O) groups is 2. The third-order valence-corrected chi connectivity index (χ3v) is 3.88. The van der Waals surface area contributed by atoms with Gasteiger partial charge in [-0.2, -0.15) is 0 Å². The average Bonchev–Trinajstić information content (AvgIpc) is 2.62. The number of anilines is 1. The smallest absolute Gasteiger partial charge is 0.347 e. The Labute approximate surface area is 164 Å². The molecule has 1 amide bonds. The van der Waals surface area contributed by atoms with Crippen LogP contribution in [0.2, 0.25) is 5.02 Å². The first-order valence-corrected chi connectivity index (χ1v) is 8.02. The predicted molar refractivity (Wildman–Crippen MR) is 99.9 cm³/mol. The van der Waals surface area contributed by atoms with E-state index in [2.05, 4.69) is 5.32 Å². The second-order valence-corrected chi connectivity index (χ2v) is 5.87. The molecule has 10 heteroatoms. The summed E-state index contributed by atoms with van der Waals surface area (Å²) >= 11 is 5.72. The molecule has 0 bridgehead atoms. The van der Waals surface area contributed by atoms with Gasteiger partial charge in [-0.15, -0.1) is 0 Å². The highest BCUT2D eigenvalue weighted by atomic mass is 35.5. The van der Waals surface area contributed by atoms with Crippen LogP contribution in [0.4, 0.5) is 5.69 Å². The Hall–Kier alpha value is -3.59. The summed E-state index contributed by atoms with van der Waals surface area (Å²) < 4.78 is 10.1. The van der Waals surface area contributed by atoms with Crippen LogP contribution in [0, 0.1) is 0 Å². The molecule has 0 heterocycles. The van der Waals surface area contributed by atoms with E-state index in [4.69, 9.17) is 21.1 Å². The highest BCUT2D eigenvalue weighted by molar-refractivity contribution is 6.32. The standard InChI is InChI=1S/C18H16ClNO8/c1-8(28-18(26)9-4-11(19)14(23)6-13(9)22)3-10-16(25)12(20-7-21)5-15(24)17(10)27-2/h3-7,22-25H,1-2H3,(H,20,21). The van der Waals surface area contributed by atoms with Crippen molar-refractivity contribution in [1.82, 2.24) is 0 Å². The number of carbonyl (C=O) groups excluding carboxylic acids is 2. The van der Waals surface area contributed by atoms with Crippen LogP contribution in [0.1, 0.15) is 22.8 Å². The van der Waals surface area contributed by atoms with Gasteiger partial charge in [-0.25, -0.2) is 4.79 Å². The molecular formula is C18H16ClNO8. The van der Waals surface area contributed by atoms with Gasteiger partial charge in [-0.05, 0) is 19.1 Å². The van der Waals surface area contributed by atoms with E-state index in [1.807, 2.05) is 0 Å². The molecule has 148 valence electrons. The maximum atomic E-state index is 12.2. The van der Waals surface area contributed by atoms with Crippen molar-refractivity contribution in [2.75, 3.05) is 12.4 Å². The highest BCUT2D eigenvalue weighted by Gasteiger charge is 2.20. The number of nitrogens with one attached hydrogen (secondary N) is 1. The van der Waals surface area contributed by atoms with E-state index in [1.165, 1.54) is 20.1 Å². The van der Waals surface area contributed by atoms with Crippen molar-refractivity contribution in [3.63, 3.8) is 0 Å². The van der Waals surface area contributed by atoms with Gasteiger partial charge in [0.15, 0.2) is 11.5 Å². The minimum atomic E-state index is -0.988. The van der Waals surface area contributed by atoms with Crippen LogP contribution in [0.3, 0.4) is 0 Å². The van der Waals surface area contributed by atoms with E-state index in [-0.39, 0.29) is 39.1 Å². The lowest BCUT2D eigenvalue weighted by Crippen LogP contribution is -2.04. The van der Waals surface area contributed by atoms with Gasteiger partial charge in [0, 0.05) is 12.1 Å². The molecule has 0 fully saturated rings. The maximum Gasteiger partial charge on any atom is 0.347 e. The molecule has 28 heavy (non-hydrogen) atoms. The molecule has 0 spiro atoms. The number of halogens is 1. The van der Waals surface area contributed by atoms with Crippen molar-refractivity contribution in [2.45, 2.75) is 6.92 Å². The molecule has 9 nitrogen and oxygen atoms in total. The fraction of sp³-hybridized carbons (Fsp3) is 0.111. The first kappa shape index (κ1) is 20.7. The van der Waals surface area contributed by atoms with Gasteiger partial charge in [-0.3, -0.25) is 4.79 Å². The van der Waals surface area contributed by atoms with Gasteiger partial charge in [0.05, 0.1) is 23.4 Å². The van der Waals surface area contributed by atoms with Gasteiger partial charge >= 0.3 is 5.97 Å².